The molecule has 5 nitrogen and oxygen atoms in total. The zero-order valence-electron chi connectivity index (χ0n) is 13.6. The van der Waals surface area contributed by atoms with Crippen molar-refractivity contribution in [3.63, 3.8) is 0 Å². The lowest BCUT2D eigenvalue weighted by Gasteiger charge is -2.38. The number of hydrogen-bond acceptors (Lipinski definition) is 5. The molecule has 0 saturated carbocycles. The van der Waals surface area contributed by atoms with Crippen molar-refractivity contribution < 1.29 is 14.2 Å². The van der Waals surface area contributed by atoms with Crippen LogP contribution in [0.1, 0.15) is 18.4 Å². The summed E-state index contributed by atoms with van der Waals surface area (Å²) in [4.78, 5) is 2.42. The van der Waals surface area contributed by atoms with E-state index in [4.69, 9.17) is 19.9 Å². The van der Waals surface area contributed by atoms with E-state index in [0.717, 1.165) is 43.0 Å². The second-order valence-electron chi connectivity index (χ2n) is 5.42. The topological polar surface area (TPSA) is 57.0 Å². The maximum atomic E-state index is 5.93. The molecule has 2 N–H and O–H groups in total. The first-order valence-electron chi connectivity index (χ1n) is 7.39. The number of nitrogens with zero attached hydrogens (tertiary/aromatic N) is 1. The lowest BCUT2D eigenvalue weighted by molar-refractivity contribution is 0.00999. The van der Waals surface area contributed by atoms with Crippen molar-refractivity contribution in [3.05, 3.63) is 23.8 Å². The van der Waals surface area contributed by atoms with Crippen LogP contribution in [0.2, 0.25) is 0 Å². The van der Waals surface area contributed by atoms with E-state index in [1.807, 2.05) is 12.1 Å². The predicted molar refractivity (Wildman–Crippen MR) is 90.1 cm³/mol. The molecule has 0 bridgehead atoms. The molecule has 0 aromatic heterocycles. The predicted octanol–water partition coefficient (Wildman–Crippen LogP) is 2.06. The van der Waals surface area contributed by atoms with Crippen molar-refractivity contribution in [3.8, 4) is 11.5 Å². The van der Waals surface area contributed by atoms with E-state index in [1.54, 1.807) is 21.3 Å². The van der Waals surface area contributed by atoms with Gasteiger partial charge in [0.15, 0.2) is 0 Å². The van der Waals surface area contributed by atoms with E-state index in [0.29, 0.717) is 18.7 Å². The highest BCUT2D eigenvalue weighted by molar-refractivity contribution is 5.85. The number of likely N-dealkylation sites (tertiary alicyclic amines) is 1. The fourth-order valence-corrected chi connectivity index (χ4v) is 2.93. The summed E-state index contributed by atoms with van der Waals surface area (Å²) in [6.07, 6.45) is 2.37. The van der Waals surface area contributed by atoms with E-state index < -0.39 is 0 Å². The van der Waals surface area contributed by atoms with Gasteiger partial charge in [0.2, 0.25) is 0 Å². The molecule has 2 unspecified atom stereocenters. The van der Waals surface area contributed by atoms with Crippen molar-refractivity contribution in [1.29, 1.82) is 0 Å². The van der Waals surface area contributed by atoms with Crippen molar-refractivity contribution >= 4 is 12.4 Å². The van der Waals surface area contributed by atoms with Gasteiger partial charge in [0.25, 0.3) is 0 Å². The molecule has 1 aromatic carbocycles. The van der Waals surface area contributed by atoms with Gasteiger partial charge in [-0.1, -0.05) is 6.07 Å². The van der Waals surface area contributed by atoms with Crippen LogP contribution in [0, 0.1) is 0 Å². The van der Waals surface area contributed by atoms with Gasteiger partial charge in [-0.25, -0.2) is 0 Å². The SMILES string of the molecule is COc1ccc(CN2CCC(OC)CC2CN)c(OC)c1.Cl. The van der Waals surface area contributed by atoms with Crippen LogP contribution in [0.15, 0.2) is 18.2 Å². The maximum Gasteiger partial charge on any atom is 0.127 e. The van der Waals surface area contributed by atoms with E-state index in [2.05, 4.69) is 11.0 Å². The molecule has 2 rings (SSSR count). The molecule has 1 aliphatic rings. The summed E-state index contributed by atoms with van der Waals surface area (Å²) in [5.74, 6) is 1.67. The first-order valence-corrected chi connectivity index (χ1v) is 7.39. The molecular weight excluding hydrogens is 304 g/mol. The minimum Gasteiger partial charge on any atom is -0.497 e. The molecule has 2 atom stereocenters. The zero-order chi connectivity index (χ0) is 15.2. The van der Waals surface area contributed by atoms with Crippen molar-refractivity contribution in [2.75, 3.05) is 34.4 Å². The van der Waals surface area contributed by atoms with Gasteiger partial charge in [0, 0.05) is 44.4 Å². The third-order valence-electron chi connectivity index (χ3n) is 4.26. The first-order chi connectivity index (χ1) is 10.2. The fourth-order valence-electron chi connectivity index (χ4n) is 2.93. The Morgan fingerprint density at radius 2 is 2.00 bits per heavy atom. The largest absolute Gasteiger partial charge is 0.497 e. The molecule has 22 heavy (non-hydrogen) atoms. The lowest BCUT2D eigenvalue weighted by atomic mass is 9.98. The molecule has 1 aliphatic heterocycles. The summed E-state index contributed by atoms with van der Waals surface area (Å²) in [5, 5.41) is 0. The highest BCUT2D eigenvalue weighted by Crippen LogP contribution is 2.28. The number of rotatable bonds is 6. The van der Waals surface area contributed by atoms with Gasteiger partial charge in [0.05, 0.1) is 20.3 Å². The molecule has 1 fully saturated rings. The average molecular weight is 331 g/mol. The summed E-state index contributed by atoms with van der Waals surface area (Å²) >= 11 is 0. The summed E-state index contributed by atoms with van der Waals surface area (Å²) in [6.45, 7) is 2.49. The van der Waals surface area contributed by atoms with E-state index >= 15 is 0 Å². The van der Waals surface area contributed by atoms with Gasteiger partial charge in [-0.2, -0.15) is 0 Å². The Kier molecular flexibility index (Phi) is 7.96. The van der Waals surface area contributed by atoms with E-state index in [1.165, 1.54) is 0 Å². The molecular formula is C16H27ClN2O3. The van der Waals surface area contributed by atoms with Crippen LogP contribution < -0.4 is 15.2 Å². The van der Waals surface area contributed by atoms with E-state index in [-0.39, 0.29) is 12.4 Å². The van der Waals surface area contributed by atoms with E-state index in [9.17, 15) is 0 Å². The van der Waals surface area contributed by atoms with Crippen LogP contribution in [0.4, 0.5) is 0 Å². The third kappa shape index (κ3) is 4.49. The molecule has 0 radical (unpaired) electrons. The maximum absolute atomic E-state index is 5.93. The molecule has 1 saturated heterocycles. The normalized spacial score (nSPS) is 22.0. The summed E-state index contributed by atoms with van der Waals surface area (Å²) in [7, 11) is 5.13. The summed E-state index contributed by atoms with van der Waals surface area (Å²) in [6, 6.07) is 6.31. The smallest absolute Gasteiger partial charge is 0.127 e. The van der Waals surface area contributed by atoms with Gasteiger partial charge >= 0.3 is 0 Å². The van der Waals surface area contributed by atoms with Gasteiger partial charge in [-0.05, 0) is 18.9 Å². The second-order valence-corrected chi connectivity index (χ2v) is 5.42. The van der Waals surface area contributed by atoms with Crippen LogP contribution in [-0.4, -0.2) is 51.5 Å². The monoisotopic (exact) mass is 330 g/mol. The molecule has 1 aromatic rings. The quantitative estimate of drug-likeness (QED) is 0.865. The second kappa shape index (κ2) is 9.20. The molecule has 0 amide bonds. The van der Waals surface area contributed by atoms with Crippen molar-refractivity contribution in [2.24, 2.45) is 5.73 Å². The summed E-state index contributed by atoms with van der Waals surface area (Å²) in [5.41, 5.74) is 7.09. The van der Waals surface area contributed by atoms with Crippen molar-refractivity contribution in [2.45, 2.75) is 31.5 Å². The van der Waals surface area contributed by atoms with Gasteiger partial charge in [-0.15, -0.1) is 12.4 Å². The Bertz CT molecular complexity index is 459. The van der Waals surface area contributed by atoms with Gasteiger partial charge in [0.1, 0.15) is 11.5 Å². The fraction of sp³-hybridized carbons (Fsp3) is 0.625. The van der Waals surface area contributed by atoms with Crippen LogP contribution in [0.5, 0.6) is 11.5 Å². The van der Waals surface area contributed by atoms with Gasteiger partial charge in [-0.3, -0.25) is 4.90 Å². The van der Waals surface area contributed by atoms with Gasteiger partial charge < -0.3 is 19.9 Å². The highest BCUT2D eigenvalue weighted by atomic mass is 35.5. The number of nitrogens with two attached hydrogens (primary N) is 1. The average Bonchev–Trinajstić information content (AvgIpc) is 2.55. The number of halogens is 1. The molecule has 1 heterocycles. The third-order valence-corrected chi connectivity index (χ3v) is 4.26. The minimum atomic E-state index is 0. The standard InChI is InChI=1S/C16H26N2O3.ClH/c1-19-14-5-4-12(16(9-14)21-3)11-18-7-6-15(20-2)8-13(18)10-17;/h4-5,9,13,15H,6-8,10-11,17H2,1-3H3;1H. The molecule has 0 aliphatic carbocycles. The molecule has 126 valence electrons. The summed E-state index contributed by atoms with van der Waals surface area (Å²) < 4.78 is 16.2. The minimum absolute atomic E-state index is 0. The van der Waals surface area contributed by atoms with Crippen LogP contribution in [0.25, 0.3) is 0 Å². The molecule has 0 spiro atoms. The van der Waals surface area contributed by atoms with Crippen LogP contribution >= 0.6 is 12.4 Å². The highest BCUT2D eigenvalue weighted by Gasteiger charge is 2.28. The first kappa shape index (κ1) is 19.0. The molecule has 6 heteroatoms. The number of piperidine rings is 1. The number of hydrogen-bond donors (Lipinski definition) is 1. The Balaban J connectivity index is 0.00000242. The van der Waals surface area contributed by atoms with Crippen molar-refractivity contribution in [1.82, 2.24) is 4.90 Å². The number of methoxy groups -OCH3 is 3. The lowest BCUT2D eigenvalue weighted by Crippen LogP contribution is -2.48. The number of ether oxygens (including phenoxy) is 3. The Labute approximate surface area is 139 Å². The van der Waals surface area contributed by atoms with Crippen LogP contribution in [0.3, 0.4) is 0 Å². The zero-order valence-corrected chi connectivity index (χ0v) is 14.4. The Hall–Kier alpha value is -1.01. The number of benzene rings is 1. The van der Waals surface area contributed by atoms with Crippen LogP contribution in [-0.2, 0) is 11.3 Å². The Morgan fingerprint density at radius 1 is 1.23 bits per heavy atom. The Morgan fingerprint density at radius 3 is 2.59 bits per heavy atom.